The van der Waals surface area contributed by atoms with Gasteiger partial charge in [0.2, 0.25) is 5.91 Å². The van der Waals surface area contributed by atoms with Crippen molar-refractivity contribution in [1.82, 2.24) is 14.8 Å². The summed E-state index contributed by atoms with van der Waals surface area (Å²) in [6.45, 7) is 6.49. The second-order valence-corrected chi connectivity index (χ2v) is 15.5. The Morgan fingerprint density at radius 2 is 1.77 bits per heavy atom. The topological polar surface area (TPSA) is 171 Å². The molecule has 52 heavy (non-hydrogen) atoms. The normalized spacial score (nSPS) is 25.9. The number of methoxy groups -OCH3 is 1. The molecule has 0 bridgehead atoms. The number of nitrogens with one attached hydrogen (secondary N) is 1. The fourth-order valence-corrected chi connectivity index (χ4v) is 8.07. The third-order valence-electron chi connectivity index (χ3n) is 9.80. The van der Waals surface area contributed by atoms with E-state index in [-0.39, 0.29) is 24.3 Å². The van der Waals surface area contributed by atoms with Crippen molar-refractivity contribution in [1.29, 1.82) is 0 Å². The van der Waals surface area contributed by atoms with Crippen LogP contribution in [0.1, 0.15) is 54.7 Å². The summed E-state index contributed by atoms with van der Waals surface area (Å²) < 4.78 is 12.6. The van der Waals surface area contributed by atoms with Crippen molar-refractivity contribution in [2.75, 3.05) is 27.0 Å². The Kier molecular flexibility index (Phi) is 14.8. The van der Waals surface area contributed by atoms with Crippen LogP contribution in [-0.4, -0.2) is 122 Å². The number of halogens is 2. The van der Waals surface area contributed by atoms with Gasteiger partial charge in [0.25, 0.3) is 5.91 Å². The first-order valence-electron chi connectivity index (χ1n) is 17.2. The summed E-state index contributed by atoms with van der Waals surface area (Å²) in [6.07, 6.45) is -0.268. The molecule has 0 unspecified atom stereocenters. The number of fused-ring (bicyclic) bond motifs is 1. The summed E-state index contributed by atoms with van der Waals surface area (Å²) in [5, 5.41) is 43.5. The lowest BCUT2D eigenvalue weighted by atomic mass is 9.92. The molecule has 2 aliphatic rings. The summed E-state index contributed by atoms with van der Waals surface area (Å²) in [5.41, 5.74) is 1.62. The predicted octanol–water partition coefficient (Wildman–Crippen LogP) is 4.32. The molecule has 1 amide bonds. The second-order valence-electron chi connectivity index (χ2n) is 13.4. The third-order valence-corrected chi connectivity index (χ3v) is 11.2. The van der Waals surface area contributed by atoms with E-state index >= 15 is 0 Å². The minimum Gasteiger partial charge on any atom is -0.497 e. The number of aliphatic hydroxyl groups is 3. The Morgan fingerprint density at radius 3 is 2.35 bits per heavy atom. The average Bonchev–Trinajstić information content (AvgIpc) is 3.61. The Balaban J connectivity index is 0.000000233. The molecule has 2 fully saturated rings. The largest absolute Gasteiger partial charge is 0.497 e. The summed E-state index contributed by atoms with van der Waals surface area (Å²) in [4.78, 5) is 39.2. The van der Waals surface area contributed by atoms with E-state index in [4.69, 9.17) is 32.7 Å². The van der Waals surface area contributed by atoms with E-state index in [1.54, 1.807) is 69.7 Å². The first-order chi connectivity index (χ1) is 24.6. The van der Waals surface area contributed by atoms with Gasteiger partial charge in [-0.15, -0.1) is 23.4 Å². The highest BCUT2D eigenvalue weighted by molar-refractivity contribution is 7.99. The molecule has 12 nitrogen and oxygen atoms in total. The van der Waals surface area contributed by atoms with Gasteiger partial charge < -0.3 is 35.2 Å². The number of alkyl halides is 1. The van der Waals surface area contributed by atoms with Crippen molar-refractivity contribution >= 4 is 63.7 Å². The Labute approximate surface area is 318 Å². The van der Waals surface area contributed by atoms with E-state index in [2.05, 4.69) is 12.2 Å². The van der Waals surface area contributed by atoms with Gasteiger partial charge >= 0.3 is 5.97 Å². The van der Waals surface area contributed by atoms with E-state index in [0.29, 0.717) is 44.4 Å². The minimum atomic E-state index is -1.36. The molecule has 5 N–H and O–H groups in total. The fraction of sp³-hybridized carbons (Fsp3) is 0.541. The summed E-state index contributed by atoms with van der Waals surface area (Å²) >= 11 is 13.4. The third kappa shape index (κ3) is 9.43. The van der Waals surface area contributed by atoms with Crippen molar-refractivity contribution in [2.45, 2.75) is 93.8 Å². The predicted molar refractivity (Wildman–Crippen MR) is 203 cm³/mol. The van der Waals surface area contributed by atoms with Gasteiger partial charge in [0.15, 0.2) is 0 Å². The maximum absolute atomic E-state index is 13.0. The molecule has 1 aromatic heterocycles. The number of aliphatic hydroxyl groups excluding tert-OH is 3. The molecule has 2 aromatic carbocycles. The zero-order valence-corrected chi connectivity index (χ0v) is 32.5. The quantitative estimate of drug-likeness (QED) is 0.176. The van der Waals surface area contributed by atoms with Crippen LogP contribution in [0.15, 0.2) is 42.5 Å². The molecule has 5 rings (SSSR count). The standard InChI is InChI=1S/C19H16ClNO4.C18H33ClN2O5S/c1-11-15(10-18(22)23)16-9-14(25-2)7-8-17(16)21(11)19(24)12-3-5-13(20)6-4-12;1-5-6-10-7-11(21(3)8-10)17(25)20-12(9(2)19)16-14(23)13(22)15(24)18(26-16)27-4/h3-9H,10H2,1-2H3,(H,22,23);9-16,18,22-24H,5-8H2,1-4H3,(H,20,25)/t;9-,10+,11-,12+,13-,14+,15+,16+,18+/m.0/s1. The van der Waals surface area contributed by atoms with E-state index < -0.39 is 47.2 Å². The number of hydrogen-bond acceptors (Lipinski definition) is 10. The number of likely N-dealkylation sites (tertiary alicyclic amines) is 1. The highest BCUT2D eigenvalue weighted by Crippen LogP contribution is 2.33. The molecule has 0 spiro atoms. The van der Waals surface area contributed by atoms with Gasteiger partial charge in [-0.1, -0.05) is 24.9 Å². The minimum absolute atomic E-state index is 0.147. The highest BCUT2D eigenvalue weighted by Gasteiger charge is 2.48. The van der Waals surface area contributed by atoms with E-state index in [1.807, 2.05) is 11.9 Å². The zero-order valence-electron chi connectivity index (χ0n) is 30.2. The summed E-state index contributed by atoms with van der Waals surface area (Å²) in [6, 6.07) is 10.9. The lowest BCUT2D eigenvalue weighted by molar-refractivity contribution is -0.205. The van der Waals surface area contributed by atoms with Crippen LogP contribution < -0.4 is 10.1 Å². The number of thioether (sulfide) groups is 1. The summed E-state index contributed by atoms with van der Waals surface area (Å²) in [5.74, 6) is -0.234. The Morgan fingerprint density at radius 1 is 1.10 bits per heavy atom. The van der Waals surface area contributed by atoms with E-state index in [1.165, 1.54) is 16.3 Å². The van der Waals surface area contributed by atoms with Crippen molar-refractivity contribution in [3.63, 3.8) is 0 Å². The number of carbonyl (C=O) groups excluding carboxylic acids is 2. The molecule has 286 valence electrons. The van der Waals surface area contributed by atoms with Crippen LogP contribution >= 0.6 is 35.0 Å². The fourth-order valence-electron chi connectivity index (χ4n) is 7.06. The van der Waals surface area contributed by atoms with Crippen LogP contribution in [-0.2, 0) is 20.7 Å². The smallest absolute Gasteiger partial charge is 0.307 e. The van der Waals surface area contributed by atoms with Crippen LogP contribution in [0.25, 0.3) is 10.9 Å². The molecule has 9 atom stereocenters. The van der Waals surface area contributed by atoms with Gasteiger partial charge in [0.05, 0.1) is 36.5 Å². The highest BCUT2D eigenvalue weighted by atomic mass is 35.5. The number of aliphatic carboxylic acids is 1. The second kappa shape index (κ2) is 18.4. The molecule has 0 aliphatic carbocycles. The van der Waals surface area contributed by atoms with Crippen LogP contribution in [0, 0.1) is 12.8 Å². The van der Waals surface area contributed by atoms with E-state index in [0.717, 1.165) is 25.8 Å². The Hall–Kier alpha value is -2.88. The van der Waals surface area contributed by atoms with Crippen LogP contribution in [0.2, 0.25) is 5.02 Å². The van der Waals surface area contributed by atoms with Gasteiger partial charge in [0, 0.05) is 28.2 Å². The van der Waals surface area contributed by atoms with Crippen LogP contribution in [0.3, 0.4) is 0 Å². The number of carboxylic acid groups (broad SMARTS) is 1. The molecule has 0 radical (unpaired) electrons. The monoisotopic (exact) mass is 781 g/mol. The number of likely N-dealkylation sites (N-methyl/N-ethyl adjacent to an activating group) is 1. The van der Waals surface area contributed by atoms with Gasteiger partial charge in [-0.3, -0.25) is 23.9 Å². The lowest BCUT2D eigenvalue weighted by Gasteiger charge is -2.44. The van der Waals surface area contributed by atoms with Crippen LogP contribution in [0.5, 0.6) is 5.75 Å². The molecule has 2 aliphatic heterocycles. The average molecular weight is 783 g/mol. The number of benzene rings is 2. The lowest BCUT2D eigenvalue weighted by Crippen LogP contribution is -2.65. The van der Waals surface area contributed by atoms with Crippen molar-refractivity contribution in [3.05, 3.63) is 64.3 Å². The number of nitrogens with zero attached hydrogens (tertiary/aromatic N) is 2. The molecule has 3 aromatic rings. The number of carbonyl (C=O) groups is 3. The zero-order chi connectivity index (χ0) is 38.4. The van der Waals surface area contributed by atoms with Gasteiger partial charge in [-0.2, -0.15) is 0 Å². The maximum Gasteiger partial charge on any atom is 0.307 e. The molecule has 15 heteroatoms. The molecular formula is C37H49Cl2N3O9S. The summed E-state index contributed by atoms with van der Waals surface area (Å²) in [7, 11) is 3.48. The van der Waals surface area contributed by atoms with Gasteiger partial charge in [-0.25, -0.2) is 0 Å². The maximum atomic E-state index is 13.0. The van der Waals surface area contributed by atoms with Crippen molar-refractivity contribution in [2.24, 2.45) is 5.92 Å². The number of aromatic nitrogens is 1. The molecule has 3 heterocycles. The number of amides is 1. The first kappa shape index (κ1) is 41.9. The van der Waals surface area contributed by atoms with Crippen molar-refractivity contribution < 1.29 is 44.3 Å². The number of carboxylic acids is 1. The number of hydrogen-bond donors (Lipinski definition) is 5. The number of ether oxygens (including phenoxy) is 2. The molecular weight excluding hydrogens is 733 g/mol. The van der Waals surface area contributed by atoms with Gasteiger partial charge in [-0.05, 0) is 93.9 Å². The first-order valence-corrected chi connectivity index (χ1v) is 19.3. The van der Waals surface area contributed by atoms with Gasteiger partial charge in [0.1, 0.15) is 35.6 Å². The Bertz CT molecular complexity index is 1700. The number of rotatable bonds is 11. The van der Waals surface area contributed by atoms with Crippen LogP contribution in [0.4, 0.5) is 0 Å². The van der Waals surface area contributed by atoms with Crippen molar-refractivity contribution in [3.8, 4) is 5.75 Å². The molecule has 2 saturated heterocycles. The molecule has 0 saturated carbocycles. The SMILES string of the molecule is CCC[C@@H]1C[C@@H](C(=O)N[C@@H]([C@H]2O[C@H](SC)[C@H](O)[C@@H](O)[C@H]2O)[C@H](C)Cl)N(C)C1.COc1ccc2c(c1)c(CC(=O)O)c(C)n2C(=O)c1ccc(Cl)cc1. The van der Waals surface area contributed by atoms with E-state index in [9.17, 15) is 34.8 Å².